The third-order valence-electron chi connectivity index (χ3n) is 4.45. The molecule has 0 radical (unpaired) electrons. The average Bonchev–Trinajstić information content (AvgIpc) is 2.56. The van der Waals surface area contributed by atoms with Gasteiger partial charge < -0.3 is 10.2 Å². The predicted molar refractivity (Wildman–Crippen MR) is 98.5 cm³/mol. The fraction of sp³-hybridized carbons (Fsp3) is 0.562. The van der Waals surface area contributed by atoms with E-state index in [0.29, 0.717) is 0 Å². The first kappa shape index (κ1) is 20.1. The first-order valence-corrected chi connectivity index (χ1v) is 10.2. The summed E-state index contributed by atoms with van der Waals surface area (Å²) in [4.78, 5) is 25.1. The second-order valence-electron chi connectivity index (χ2n) is 6.60. The van der Waals surface area contributed by atoms with E-state index in [1.165, 1.54) is 25.1 Å². The van der Waals surface area contributed by atoms with Crippen LogP contribution in [0.4, 0.5) is 11.4 Å². The van der Waals surface area contributed by atoms with E-state index in [9.17, 15) is 23.3 Å². The van der Waals surface area contributed by atoms with Crippen LogP contribution in [0.3, 0.4) is 0 Å². The molecule has 1 atom stereocenters. The van der Waals surface area contributed by atoms with E-state index in [0.717, 1.165) is 42.6 Å². The van der Waals surface area contributed by atoms with E-state index in [2.05, 4.69) is 10.2 Å². The van der Waals surface area contributed by atoms with Crippen LogP contribution in [0.15, 0.2) is 24.3 Å². The quantitative estimate of drug-likeness (QED) is 0.577. The van der Waals surface area contributed by atoms with E-state index in [1.807, 2.05) is 7.05 Å². The number of nitro benzene ring substituents is 1. The Morgan fingerprint density at radius 3 is 2.54 bits per heavy atom. The monoisotopic (exact) mass is 384 g/mol. The molecule has 0 bridgehead atoms. The standard InChI is InChI=1S/C16H24N4O5S/c1-12(16(21)17-13-7-9-18(2)10-8-13)19(26(3,24)25)14-5-4-6-15(11-14)20(22)23/h4-6,11-13H,7-10H2,1-3H3,(H,17,21). The van der Waals surface area contributed by atoms with Crippen LogP contribution in [-0.2, 0) is 14.8 Å². The highest BCUT2D eigenvalue weighted by molar-refractivity contribution is 7.92. The minimum atomic E-state index is -3.81. The van der Waals surface area contributed by atoms with Crippen LogP contribution in [0, 0.1) is 10.1 Å². The Hall–Kier alpha value is -2.20. The number of rotatable bonds is 6. The van der Waals surface area contributed by atoms with Crippen LogP contribution in [0.1, 0.15) is 19.8 Å². The van der Waals surface area contributed by atoms with Crippen molar-refractivity contribution in [3.05, 3.63) is 34.4 Å². The molecule has 1 aromatic rings. The maximum Gasteiger partial charge on any atom is 0.271 e. The lowest BCUT2D eigenvalue weighted by Gasteiger charge is -2.32. The number of hydrogen-bond donors (Lipinski definition) is 1. The number of amides is 1. The largest absolute Gasteiger partial charge is 0.351 e. The van der Waals surface area contributed by atoms with Crippen molar-refractivity contribution in [3.8, 4) is 0 Å². The van der Waals surface area contributed by atoms with Gasteiger partial charge in [-0.15, -0.1) is 0 Å². The molecule has 1 aliphatic heterocycles. The third-order valence-corrected chi connectivity index (χ3v) is 5.69. The molecule has 9 nitrogen and oxygen atoms in total. The summed E-state index contributed by atoms with van der Waals surface area (Å²) in [6.07, 6.45) is 2.57. The van der Waals surface area contributed by atoms with E-state index in [-0.39, 0.29) is 17.4 Å². The van der Waals surface area contributed by atoms with Crippen molar-refractivity contribution in [2.45, 2.75) is 31.8 Å². The maximum atomic E-state index is 12.6. The van der Waals surface area contributed by atoms with Gasteiger partial charge in [0.1, 0.15) is 6.04 Å². The van der Waals surface area contributed by atoms with Crippen LogP contribution < -0.4 is 9.62 Å². The van der Waals surface area contributed by atoms with Gasteiger partial charge in [-0.2, -0.15) is 0 Å². The Balaban J connectivity index is 2.22. The fourth-order valence-corrected chi connectivity index (χ4v) is 4.19. The number of benzene rings is 1. The van der Waals surface area contributed by atoms with Crippen molar-refractivity contribution in [3.63, 3.8) is 0 Å². The first-order valence-electron chi connectivity index (χ1n) is 8.32. The van der Waals surface area contributed by atoms with Gasteiger partial charge in [0.15, 0.2) is 0 Å². The minimum Gasteiger partial charge on any atom is -0.351 e. The zero-order chi connectivity index (χ0) is 19.5. The lowest BCUT2D eigenvalue weighted by atomic mass is 10.1. The second kappa shape index (κ2) is 8.00. The summed E-state index contributed by atoms with van der Waals surface area (Å²) >= 11 is 0. The molecule has 1 unspecified atom stereocenters. The van der Waals surface area contributed by atoms with Gasteiger partial charge in [0, 0.05) is 18.2 Å². The van der Waals surface area contributed by atoms with E-state index in [4.69, 9.17) is 0 Å². The highest BCUT2D eigenvalue weighted by Gasteiger charge is 2.31. The molecule has 1 aliphatic rings. The summed E-state index contributed by atoms with van der Waals surface area (Å²) in [5.41, 5.74) is -0.146. The summed E-state index contributed by atoms with van der Waals surface area (Å²) < 4.78 is 25.4. The molecule has 1 amide bonds. The smallest absolute Gasteiger partial charge is 0.271 e. The molecule has 0 saturated carbocycles. The Morgan fingerprint density at radius 1 is 1.38 bits per heavy atom. The van der Waals surface area contributed by atoms with Gasteiger partial charge >= 0.3 is 0 Å². The van der Waals surface area contributed by atoms with E-state index >= 15 is 0 Å². The molecular weight excluding hydrogens is 360 g/mol. The minimum absolute atomic E-state index is 0.00679. The zero-order valence-corrected chi connectivity index (χ0v) is 15.9. The van der Waals surface area contributed by atoms with Gasteiger partial charge in [-0.05, 0) is 46.0 Å². The molecule has 2 rings (SSSR count). The number of non-ortho nitro benzene ring substituents is 1. The van der Waals surface area contributed by atoms with Crippen LogP contribution in [-0.4, -0.2) is 62.6 Å². The summed E-state index contributed by atoms with van der Waals surface area (Å²) in [6.45, 7) is 3.20. The van der Waals surface area contributed by atoms with E-state index < -0.39 is 26.9 Å². The number of nitrogens with one attached hydrogen (secondary N) is 1. The fourth-order valence-electron chi connectivity index (χ4n) is 3.03. The number of nitrogens with zero attached hydrogens (tertiary/aromatic N) is 3. The highest BCUT2D eigenvalue weighted by Crippen LogP contribution is 2.25. The first-order chi connectivity index (χ1) is 12.1. The van der Waals surface area contributed by atoms with Gasteiger partial charge in [0.05, 0.1) is 16.9 Å². The zero-order valence-electron chi connectivity index (χ0n) is 15.1. The van der Waals surface area contributed by atoms with Gasteiger partial charge in [0.25, 0.3) is 5.69 Å². The summed E-state index contributed by atoms with van der Waals surface area (Å²) in [7, 11) is -1.80. The number of carbonyl (C=O) groups excluding carboxylic acids is 1. The molecule has 0 spiro atoms. The third kappa shape index (κ3) is 4.92. The molecule has 0 aromatic heterocycles. The second-order valence-corrected chi connectivity index (χ2v) is 8.46. The molecule has 144 valence electrons. The number of likely N-dealkylation sites (tertiary alicyclic amines) is 1. The molecular formula is C16H24N4O5S. The lowest BCUT2D eigenvalue weighted by Crippen LogP contribution is -2.52. The highest BCUT2D eigenvalue weighted by atomic mass is 32.2. The van der Waals surface area contributed by atoms with Gasteiger partial charge in [-0.3, -0.25) is 19.2 Å². The summed E-state index contributed by atoms with van der Waals surface area (Å²) in [5.74, 6) is -0.420. The van der Waals surface area contributed by atoms with Crippen molar-refractivity contribution in [2.75, 3.05) is 30.7 Å². The Bertz CT molecular complexity index is 775. The SMILES string of the molecule is CC(C(=O)NC1CCN(C)CC1)N(c1cccc([N+](=O)[O-])c1)S(C)(=O)=O. The van der Waals surface area contributed by atoms with E-state index in [1.54, 1.807) is 0 Å². The molecule has 1 fully saturated rings. The van der Waals surface area contributed by atoms with Gasteiger partial charge in [-0.25, -0.2) is 8.42 Å². The lowest BCUT2D eigenvalue weighted by molar-refractivity contribution is -0.384. The van der Waals surface area contributed by atoms with Gasteiger partial charge in [-0.1, -0.05) is 6.07 Å². The number of piperidine rings is 1. The van der Waals surface area contributed by atoms with Crippen molar-refractivity contribution in [1.82, 2.24) is 10.2 Å². The van der Waals surface area contributed by atoms with Crippen molar-refractivity contribution in [1.29, 1.82) is 0 Å². The van der Waals surface area contributed by atoms with Crippen LogP contribution in [0.5, 0.6) is 0 Å². The molecule has 0 aliphatic carbocycles. The number of anilines is 1. The summed E-state index contributed by atoms with van der Waals surface area (Å²) in [5, 5.41) is 13.9. The molecule has 1 N–H and O–H groups in total. The molecule has 10 heteroatoms. The number of sulfonamides is 1. The average molecular weight is 384 g/mol. The molecule has 1 aromatic carbocycles. The Labute approximate surface area is 153 Å². The van der Waals surface area contributed by atoms with Crippen molar-refractivity contribution in [2.24, 2.45) is 0 Å². The maximum absolute atomic E-state index is 12.6. The Kier molecular flexibility index (Phi) is 6.19. The molecule has 1 saturated heterocycles. The Morgan fingerprint density at radius 2 is 2.00 bits per heavy atom. The van der Waals surface area contributed by atoms with Crippen molar-refractivity contribution >= 4 is 27.3 Å². The van der Waals surface area contributed by atoms with Gasteiger partial charge in [0.2, 0.25) is 15.9 Å². The van der Waals surface area contributed by atoms with Crippen LogP contribution in [0.2, 0.25) is 0 Å². The molecule has 1 heterocycles. The van der Waals surface area contributed by atoms with Crippen LogP contribution >= 0.6 is 0 Å². The number of nitro groups is 1. The van der Waals surface area contributed by atoms with Crippen LogP contribution in [0.25, 0.3) is 0 Å². The topological polar surface area (TPSA) is 113 Å². The normalized spacial score (nSPS) is 17.5. The number of carbonyl (C=O) groups is 1. The summed E-state index contributed by atoms with van der Waals surface area (Å²) in [6, 6.07) is 4.23. The number of hydrogen-bond acceptors (Lipinski definition) is 6. The van der Waals surface area contributed by atoms with Crippen molar-refractivity contribution < 1.29 is 18.1 Å². The molecule has 26 heavy (non-hydrogen) atoms. The predicted octanol–water partition coefficient (Wildman–Crippen LogP) is 0.960.